The summed E-state index contributed by atoms with van der Waals surface area (Å²) in [5, 5.41) is 5.49. The van der Waals surface area contributed by atoms with Crippen LogP contribution < -0.4 is 10.6 Å². The van der Waals surface area contributed by atoms with E-state index >= 15 is 0 Å². The second-order valence-electron chi connectivity index (χ2n) is 3.92. The number of hydrogen-bond acceptors (Lipinski definition) is 1. The minimum Gasteiger partial charge on any atom is -0.338 e. The fourth-order valence-electron chi connectivity index (χ4n) is 1.45. The molecule has 0 saturated heterocycles. The lowest BCUT2D eigenvalue weighted by molar-refractivity contribution is 0.241. The summed E-state index contributed by atoms with van der Waals surface area (Å²) in [6.45, 7) is 3.28. The third-order valence-corrected chi connectivity index (χ3v) is 2.40. The molecule has 2 amide bonds. The minimum atomic E-state index is -0.241. The predicted molar refractivity (Wildman–Crippen MR) is 66.4 cm³/mol. The summed E-state index contributed by atoms with van der Waals surface area (Å²) in [5.74, 6) is -0.241. The zero-order chi connectivity index (χ0) is 12.5. The number of unbranched alkanes of at least 4 members (excludes halogenated alkanes) is 1. The average molecular weight is 238 g/mol. The second kappa shape index (κ2) is 7.65. The van der Waals surface area contributed by atoms with Gasteiger partial charge >= 0.3 is 6.03 Å². The van der Waals surface area contributed by atoms with Crippen LogP contribution in [0.3, 0.4) is 0 Å². The van der Waals surface area contributed by atoms with Crippen molar-refractivity contribution >= 4 is 6.03 Å². The van der Waals surface area contributed by atoms with Crippen molar-refractivity contribution in [2.45, 2.75) is 26.2 Å². The molecule has 0 aliphatic carbocycles. The van der Waals surface area contributed by atoms with Crippen LogP contribution in [0.4, 0.5) is 9.18 Å². The van der Waals surface area contributed by atoms with Gasteiger partial charge in [-0.25, -0.2) is 9.18 Å². The molecule has 3 nitrogen and oxygen atoms in total. The fraction of sp³-hybridized carbons (Fsp3) is 0.462. The van der Waals surface area contributed by atoms with E-state index in [2.05, 4.69) is 17.6 Å². The lowest BCUT2D eigenvalue weighted by atomic mass is 10.1. The van der Waals surface area contributed by atoms with E-state index in [9.17, 15) is 9.18 Å². The number of carbonyl (C=O) groups excluding carboxylic acids is 1. The van der Waals surface area contributed by atoms with Crippen LogP contribution in [0.2, 0.25) is 0 Å². The molecule has 0 bridgehead atoms. The standard InChI is InChI=1S/C13H19FN2O/c1-2-3-8-15-13(17)16-9-7-11-5-4-6-12(14)10-11/h4-6,10H,2-3,7-9H2,1H3,(H2,15,16,17). The first-order chi connectivity index (χ1) is 8.22. The number of rotatable bonds is 6. The number of benzene rings is 1. The maximum atomic E-state index is 12.9. The Labute approximate surface area is 101 Å². The summed E-state index contributed by atoms with van der Waals surface area (Å²) in [5.41, 5.74) is 0.888. The zero-order valence-electron chi connectivity index (χ0n) is 10.1. The number of amides is 2. The summed E-state index contributed by atoms with van der Waals surface area (Å²) >= 11 is 0. The topological polar surface area (TPSA) is 41.1 Å². The Morgan fingerprint density at radius 3 is 2.76 bits per heavy atom. The Morgan fingerprint density at radius 2 is 2.06 bits per heavy atom. The van der Waals surface area contributed by atoms with E-state index in [0.29, 0.717) is 19.5 Å². The van der Waals surface area contributed by atoms with Crippen LogP contribution in [-0.4, -0.2) is 19.1 Å². The molecule has 0 saturated carbocycles. The van der Waals surface area contributed by atoms with Gasteiger partial charge in [0.15, 0.2) is 0 Å². The maximum absolute atomic E-state index is 12.9. The summed E-state index contributed by atoms with van der Waals surface area (Å²) in [6.07, 6.45) is 2.68. The molecule has 0 aromatic heterocycles. The SMILES string of the molecule is CCCCNC(=O)NCCc1cccc(F)c1. The molecule has 2 N–H and O–H groups in total. The summed E-state index contributed by atoms with van der Waals surface area (Å²) in [6, 6.07) is 6.26. The Balaban J connectivity index is 2.17. The van der Waals surface area contributed by atoms with Crippen molar-refractivity contribution in [1.82, 2.24) is 10.6 Å². The van der Waals surface area contributed by atoms with Gasteiger partial charge in [-0.2, -0.15) is 0 Å². The van der Waals surface area contributed by atoms with Gasteiger partial charge in [0, 0.05) is 13.1 Å². The Morgan fingerprint density at radius 1 is 1.29 bits per heavy atom. The molecule has 0 unspecified atom stereocenters. The van der Waals surface area contributed by atoms with Crippen molar-refractivity contribution in [2.75, 3.05) is 13.1 Å². The van der Waals surface area contributed by atoms with Crippen LogP contribution in [0.5, 0.6) is 0 Å². The fourth-order valence-corrected chi connectivity index (χ4v) is 1.45. The molecule has 17 heavy (non-hydrogen) atoms. The Bertz CT molecular complexity index is 355. The molecule has 0 aliphatic heterocycles. The molecule has 0 spiro atoms. The van der Waals surface area contributed by atoms with Crippen molar-refractivity contribution in [3.63, 3.8) is 0 Å². The Kier molecular flexibility index (Phi) is 6.07. The van der Waals surface area contributed by atoms with Crippen LogP contribution in [0, 0.1) is 5.82 Å². The first-order valence-electron chi connectivity index (χ1n) is 5.98. The predicted octanol–water partition coefficient (Wildman–Crippen LogP) is 2.47. The molecule has 0 fully saturated rings. The van der Waals surface area contributed by atoms with Crippen LogP contribution >= 0.6 is 0 Å². The molecular formula is C13H19FN2O. The van der Waals surface area contributed by atoms with Gasteiger partial charge in [0.05, 0.1) is 0 Å². The van der Waals surface area contributed by atoms with Gasteiger partial charge in [-0.05, 0) is 30.5 Å². The lowest BCUT2D eigenvalue weighted by Crippen LogP contribution is -2.37. The molecular weight excluding hydrogens is 219 g/mol. The number of hydrogen-bond donors (Lipinski definition) is 2. The largest absolute Gasteiger partial charge is 0.338 e. The smallest absolute Gasteiger partial charge is 0.314 e. The molecule has 4 heteroatoms. The van der Waals surface area contributed by atoms with Crippen LogP contribution in [0.1, 0.15) is 25.3 Å². The van der Waals surface area contributed by atoms with Crippen molar-refractivity contribution in [1.29, 1.82) is 0 Å². The van der Waals surface area contributed by atoms with E-state index < -0.39 is 0 Å². The summed E-state index contributed by atoms with van der Waals surface area (Å²) in [7, 11) is 0. The third kappa shape index (κ3) is 5.90. The second-order valence-corrected chi connectivity index (χ2v) is 3.92. The quantitative estimate of drug-likeness (QED) is 0.734. The molecule has 0 heterocycles. The first-order valence-corrected chi connectivity index (χ1v) is 5.98. The van der Waals surface area contributed by atoms with E-state index in [0.717, 1.165) is 18.4 Å². The van der Waals surface area contributed by atoms with E-state index in [1.807, 2.05) is 6.07 Å². The number of halogens is 1. The third-order valence-electron chi connectivity index (χ3n) is 2.40. The monoisotopic (exact) mass is 238 g/mol. The normalized spacial score (nSPS) is 10.0. The molecule has 0 aliphatic rings. The van der Waals surface area contributed by atoms with Gasteiger partial charge in [0.25, 0.3) is 0 Å². The molecule has 0 atom stereocenters. The van der Waals surface area contributed by atoms with Gasteiger partial charge in [-0.3, -0.25) is 0 Å². The van der Waals surface area contributed by atoms with Gasteiger partial charge in [-0.1, -0.05) is 25.5 Å². The van der Waals surface area contributed by atoms with E-state index in [1.54, 1.807) is 6.07 Å². The van der Waals surface area contributed by atoms with Gasteiger partial charge in [-0.15, -0.1) is 0 Å². The lowest BCUT2D eigenvalue weighted by Gasteiger charge is -2.07. The molecule has 1 aromatic carbocycles. The number of carbonyl (C=O) groups is 1. The highest BCUT2D eigenvalue weighted by atomic mass is 19.1. The molecule has 94 valence electrons. The van der Waals surface area contributed by atoms with E-state index in [4.69, 9.17) is 0 Å². The molecule has 1 rings (SSSR count). The van der Waals surface area contributed by atoms with Crippen LogP contribution in [-0.2, 0) is 6.42 Å². The van der Waals surface area contributed by atoms with Gasteiger partial charge in [0.1, 0.15) is 5.82 Å². The van der Waals surface area contributed by atoms with E-state index in [1.165, 1.54) is 12.1 Å². The average Bonchev–Trinajstić information content (AvgIpc) is 2.29. The van der Waals surface area contributed by atoms with Crippen molar-refractivity contribution in [3.8, 4) is 0 Å². The number of nitrogens with one attached hydrogen (secondary N) is 2. The van der Waals surface area contributed by atoms with Crippen LogP contribution in [0.15, 0.2) is 24.3 Å². The van der Waals surface area contributed by atoms with E-state index in [-0.39, 0.29) is 11.8 Å². The highest BCUT2D eigenvalue weighted by molar-refractivity contribution is 5.73. The zero-order valence-corrected chi connectivity index (χ0v) is 10.1. The van der Waals surface area contributed by atoms with Gasteiger partial charge < -0.3 is 10.6 Å². The first kappa shape index (κ1) is 13.5. The van der Waals surface area contributed by atoms with Gasteiger partial charge in [0.2, 0.25) is 0 Å². The summed E-state index contributed by atoms with van der Waals surface area (Å²) < 4.78 is 12.9. The van der Waals surface area contributed by atoms with Crippen molar-refractivity contribution in [2.24, 2.45) is 0 Å². The maximum Gasteiger partial charge on any atom is 0.314 e. The Hall–Kier alpha value is -1.58. The molecule has 0 radical (unpaired) electrons. The number of urea groups is 1. The van der Waals surface area contributed by atoms with Crippen LogP contribution in [0.25, 0.3) is 0 Å². The summed E-state index contributed by atoms with van der Waals surface area (Å²) in [4.78, 5) is 11.3. The van der Waals surface area contributed by atoms with Crippen molar-refractivity contribution in [3.05, 3.63) is 35.6 Å². The highest BCUT2D eigenvalue weighted by Gasteiger charge is 1.99. The molecule has 1 aromatic rings. The van der Waals surface area contributed by atoms with Crippen molar-refractivity contribution < 1.29 is 9.18 Å². The minimum absolute atomic E-state index is 0.158. The highest BCUT2D eigenvalue weighted by Crippen LogP contribution is 2.03.